The largest absolute Gasteiger partial charge is 0.342 e. The predicted molar refractivity (Wildman–Crippen MR) is 86.7 cm³/mol. The highest BCUT2D eigenvalue weighted by molar-refractivity contribution is 7.15. The number of piperidine rings is 1. The van der Waals surface area contributed by atoms with Crippen LogP contribution in [0.3, 0.4) is 0 Å². The number of rotatable bonds is 3. The highest BCUT2D eigenvalue weighted by Crippen LogP contribution is 2.25. The Balaban J connectivity index is 1.86. The Kier molecular flexibility index (Phi) is 5.16. The number of nitrogens with zero attached hydrogens (tertiary/aromatic N) is 3. The van der Waals surface area contributed by atoms with Gasteiger partial charge in [-0.15, -0.1) is 10.2 Å². The summed E-state index contributed by atoms with van der Waals surface area (Å²) in [4.78, 5) is 26.4. The zero-order chi connectivity index (χ0) is 16.3. The van der Waals surface area contributed by atoms with Crippen molar-refractivity contribution in [3.63, 3.8) is 0 Å². The van der Waals surface area contributed by atoms with Gasteiger partial charge in [0.2, 0.25) is 16.9 Å². The Labute approximate surface area is 135 Å². The molecule has 2 amide bonds. The van der Waals surface area contributed by atoms with Crippen LogP contribution in [0.15, 0.2) is 0 Å². The zero-order valence-corrected chi connectivity index (χ0v) is 14.5. The number of likely N-dealkylation sites (tertiary alicyclic amines) is 1. The second-order valence-electron chi connectivity index (χ2n) is 6.66. The molecular weight excluding hydrogens is 300 g/mol. The summed E-state index contributed by atoms with van der Waals surface area (Å²) < 4.78 is 0. The molecule has 0 aliphatic carbocycles. The van der Waals surface area contributed by atoms with E-state index in [4.69, 9.17) is 0 Å². The van der Waals surface area contributed by atoms with Gasteiger partial charge in [-0.25, -0.2) is 0 Å². The molecule has 1 N–H and O–H groups in total. The highest BCUT2D eigenvalue weighted by atomic mass is 32.1. The molecule has 0 saturated carbocycles. The molecule has 0 spiro atoms. The van der Waals surface area contributed by atoms with Crippen LogP contribution in [0.1, 0.15) is 45.5 Å². The van der Waals surface area contributed by atoms with E-state index in [1.807, 2.05) is 32.6 Å². The summed E-state index contributed by atoms with van der Waals surface area (Å²) in [5, 5.41) is 12.3. The Hall–Kier alpha value is -1.50. The third-order valence-electron chi connectivity index (χ3n) is 3.79. The van der Waals surface area contributed by atoms with Gasteiger partial charge in [0, 0.05) is 24.4 Å². The number of hydrogen-bond acceptors (Lipinski definition) is 5. The van der Waals surface area contributed by atoms with Crippen LogP contribution in [0, 0.1) is 11.3 Å². The molecule has 7 heteroatoms. The summed E-state index contributed by atoms with van der Waals surface area (Å²) in [5.41, 5.74) is -0.363. The van der Waals surface area contributed by atoms with E-state index in [0.29, 0.717) is 31.1 Å². The third kappa shape index (κ3) is 4.03. The minimum Gasteiger partial charge on any atom is -0.342 e. The number of carbonyl (C=O) groups excluding carboxylic acids is 2. The van der Waals surface area contributed by atoms with Crippen LogP contribution >= 0.6 is 11.3 Å². The smallest absolute Gasteiger partial charge is 0.229 e. The molecule has 22 heavy (non-hydrogen) atoms. The van der Waals surface area contributed by atoms with Gasteiger partial charge in [0.15, 0.2) is 0 Å². The molecular formula is C15H24N4O2S. The zero-order valence-electron chi connectivity index (χ0n) is 13.7. The van der Waals surface area contributed by atoms with Crippen molar-refractivity contribution in [2.45, 2.75) is 47.0 Å². The lowest BCUT2D eigenvalue weighted by Gasteiger charge is -2.35. The topological polar surface area (TPSA) is 75.2 Å². The average Bonchev–Trinajstić information content (AvgIpc) is 2.93. The second-order valence-corrected chi connectivity index (χ2v) is 7.72. The first-order chi connectivity index (χ1) is 10.3. The molecule has 1 aliphatic heterocycles. The molecule has 0 bridgehead atoms. The molecule has 6 nitrogen and oxygen atoms in total. The number of nitrogens with one attached hydrogen (secondary N) is 1. The van der Waals surface area contributed by atoms with Crippen molar-refractivity contribution in [2.24, 2.45) is 11.3 Å². The maximum atomic E-state index is 12.3. The maximum Gasteiger partial charge on any atom is 0.229 e. The molecule has 1 saturated heterocycles. The van der Waals surface area contributed by atoms with Crippen molar-refractivity contribution in [3.05, 3.63) is 5.01 Å². The van der Waals surface area contributed by atoms with Crippen molar-refractivity contribution in [3.8, 4) is 0 Å². The first-order valence-corrected chi connectivity index (χ1v) is 8.55. The number of hydrogen-bond donors (Lipinski definition) is 1. The van der Waals surface area contributed by atoms with Gasteiger partial charge in [-0.3, -0.25) is 9.59 Å². The SMILES string of the molecule is CCc1nnc(NC(=O)C2CCN(C(=O)C(C)(C)C)CC2)s1. The van der Waals surface area contributed by atoms with Gasteiger partial charge in [-0.05, 0) is 19.3 Å². The molecule has 1 aliphatic rings. The van der Waals surface area contributed by atoms with Crippen LogP contribution in [0.5, 0.6) is 0 Å². The first kappa shape index (κ1) is 16.9. The van der Waals surface area contributed by atoms with E-state index in [1.54, 1.807) is 0 Å². The lowest BCUT2D eigenvalue weighted by atomic mass is 9.91. The standard InChI is InChI=1S/C15H24N4O2S/c1-5-11-17-18-14(22-11)16-12(20)10-6-8-19(9-7-10)13(21)15(2,3)4/h10H,5-9H2,1-4H3,(H,16,18,20). The van der Waals surface area contributed by atoms with Crippen LogP contribution in [0.4, 0.5) is 5.13 Å². The van der Waals surface area contributed by atoms with Gasteiger partial charge in [0.25, 0.3) is 0 Å². The summed E-state index contributed by atoms with van der Waals surface area (Å²) in [6, 6.07) is 0. The average molecular weight is 324 g/mol. The Morgan fingerprint density at radius 2 is 1.91 bits per heavy atom. The quantitative estimate of drug-likeness (QED) is 0.926. The van der Waals surface area contributed by atoms with Crippen molar-refractivity contribution in [2.75, 3.05) is 18.4 Å². The van der Waals surface area contributed by atoms with E-state index >= 15 is 0 Å². The Morgan fingerprint density at radius 3 is 2.41 bits per heavy atom. The van der Waals surface area contributed by atoms with Crippen molar-refractivity contribution in [1.82, 2.24) is 15.1 Å². The van der Waals surface area contributed by atoms with E-state index in [2.05, 4.69) is 15.5 Å². The van der Waals surface area contributed by atoms with Gasteiger partial charge in [-0.2, -0.15) is 0 Å². The first-order valence-electron chi connectivity index (χ1n) is 7.74. The summed E-state index contributed by atoms with van der Waals surface area (Å²) in [5.74, 6) is 0.0859. The minimum atomic E-state index is -0.363. The van der Waals surface area contributed by atoms with Crippen LogP contribution in [-0.2, 0) is 16.0 Å². The number of amides is 2. The van der Waals surface area contributed by atoms with E-state index in [-0.39, 0.29) is 23.1 Å². The fourth-order valence-electron chi connectivity index (χ4n) is 2.47. The van der Waals surface area contributed by atoms with Crippen LogP contribution < -0.4 is 5.32 Å². The van der Waals surface area contributed by atoms with Crippen molar-refractivity contribution < 1.29 is 9.59 Å². The summed E-state index contributed by atoms with van der Waals surface area (Å²) in [7, 11) is 0. The molecule has 0 aromatic carbocycles. The van der Waals surface area contributed by atoms with Gasteiger partial charge >= 0.3 is 0 Å². The number of aryl methyl sites for hydroxylation is 1. The Bertz CT molecular complexity index is 542. The molecule has 0 atom stereocenters. The van der Waals surface area contributed by atoms with Crippen LogP contribution in [-0.4, -0.2) is 40.0 Å². The van der Waals surface area contributed by atoms with Crippen LogP contribution in [0.2, 0.25) is 0 Å². The fourth-order valence-corrected chi connectivity index (χ4v) is 3.16. The van der Waals surface area contributed by atoms with Crippen molar-refractivity contribution >= 4 is 28.3 Å². The van der Waals surface area contributed by atoms with Gasteiger partial charge in [-0.1, -0.05) is 39.0 Å². The normalized spacial score (nSPS) is 16.6. The number of aromatic nitrogens is 2. The summed E-state index contributed by atoms with van der Waals surface area (Å²) in [6.07, 6.45) is 2.22. The number of carbonyl (C=O) groups is 2. The molecule has 0 radical (unpaired) electrons. The number of anilines is 1. The Morgan fingerprint density at radius 1 is 1.27 bits per heavy atom. The minimum absolute atomic E-state index is 0.0124. The van der Waals surface area contributed by atoms with Gasteiger partial charge in [0.1, 0.15) is 5.01 Å². The monoisotopic (exact) mass is 324 g/mol. The fraction of sp³-hybridized carbons (Fsp3) is 0.733. The summed E-state index contributed by atoms with van der Waals surface area (Å²) in [6.45, 7) is 9.07. The molecule has 0 unspecified atom stereocenters. The van der Waals surface area contributed by atoms with Gasteiger partial charge < -0.3 is 10.2 Å². The molecule has 1 aromatic rings. The van der Waals surface area contributed by atoms with E-state index in [0.717, 1.165) is 11.4 Å². The van der Waals surface area contributed by atoms with E-state index < -0.39 is 0 Å². The predicted octanol–water partition coefficient (Wildman–Crippen LogP) is 2.32. The van der Waals surface area contributed by atoms with Crippen molar-refractivity contribution in [1.29, 1.82) is 0 Å². The van der Waals surface area contributed by atoms with E-state index in [1.165, 1.54) is 11.3 Å². The molecule has 1 fully saturated rings. The molecule has 122 valence electrons. The van der Waals surface area contributed by atoms with Gasteiger partial charge in [0.05, 0.1) is 0 Å². The lowest BCUT2D eigenvalue weighted by Crippen LogP contribution is -2.45. The molecule has 1 aromatic heterocycles. The third-order valence-corrected chi connectivity index (χ3v) is 4.78. The molecule has 2 heterocycles. The summed E-state index contributed by atoms with van der Waals surface area (Å²) >= 11 is 1.42. The second kappa shape index (κ2) is 6.73. The highest BCUT2D eigenvalue weighted by Gasteiger charge is 2.32. The maximum absolute atomic E-state index is 12.3. The van der Waals surface area contributed by atoms with E-state index in [9.17, 15) is 9.59 Å². The molecule has 2 rings (SSSR count). The lowest BCUT2D eigenvalue weighted by molar-refractivity contribution is -0.142. The van der Waals surface area contributed by atoms with Crippen LogP contribution in [0.25, 0.3) is 0 Å².